The number of aromatic nitrogens is 2. The van der Waals surface area contributed by atoms with Gasteiger partial charge in [-0.05, 0) is 25.5 Å². The fraction of sp³-hybridized carbons (Fsp3) is 0.765. The number of rotatable bonds is 8. The van der Waals surface area contributed by atoms with Crippen molar-refractivity contribution in [3.05, 3.63) is 23.3 Å². The number of nitrogens with zero attached hydrogens (tertiary/aromatic N) is 3. The van der Waals surface area contributed by atoms with Crippen LogP contribution in [0.15, 0.2) is 6.20 Å². The number of methoxy groups -OCH3 is 1. The van der Waals surface area contributed by atoms with Gasteiger partial charge in [0, 0.05) is 25.5 Å². The van der Waals surface area contributed by atoms with Gasteiger partial charge in [-0.15, -0.1) is 0 Å². The summed E-state index contributed by atoms with van der Waals surface area (Å²) in [7, 11) is 3.79. The van der Waals surface area contributed by atoms with Gasteiger partial charge in [0.1, 0.15) is 5.82 Å². The molecule has 0 atom stereocenters. The van der Waals surface area contributed by atoms with Crippen molar-refractivity contribution in [2.45, 2.75) is 59.9 Å². The first-order chi connectivity index (χ1) is 10.1. The van der Waals surface area contributed by atoms with E-state index in [1.54, 1.807) is 7.11 Å². The van der Waals surface area contributed by atoms with Gasteiger partial charge in [-0.25, -0.2) is 9.97 Å². The number of ether oxygens (including phenoxy) is 1. The maximum Gasteiger partial charge on any atom is 0.142 e. The van der Waals surface area contributed by atoms with Gasteiger partial charge in [0.05, 0.1) is 13.2 Å². The summed E-state index contributed by atoms with van der Waals surface area (Å²) in [6.07, 6.45) is 6.41. The van der Waals surface area contributed by atoms with Gasteiger partial charge in [0.25, 0.3) is 0 Å². The molecule has 0 amide bonds. The Morgan fingerprint density at radius 1 is 1.19 bits per heavy atom. The van der Waals surface area contributed by atoms with E-state index in [0.717, 1.165) is 44.8 Å². The molecule has 1 aromatic heterocycles. The average Bonchev–Trinajstić information content (AvgIpc) is 2.47. The number of likely N-dealkylation sites (N-methyl/N-ethyl adjacent to an activating group) is 1. The normalized spacial score (nSPS) is 10.4. The Balaban J connectivity index is 0.00000122. The lowest BCUT2D eigenvalue weighted by Gasteiger charge is -2.16. The van der Waals surface area contributed by atoms with Crippen molar-refractivity contribution in [1.82, 2.24) is 14.9 Å². The maximum absolute atomic E-state index is 5.07. The van der Waals surface area contributed by atoms with Crippen molar-refractivity contribution in [3.8, 4) is 0 Å². The minimum Gasteiger partial charge on any atom is -0.383 e. The average molecular weight is 295 g/mol. The molecule has 0 bridgehead atoms. The highest BCUT2D eigenvalue weighted by Gasteiger charge is 2.07. The van der Waals surface area contributed by atoms with Crippen LogP contribution in [0.4, 0.5) is 0 Å². The van der Waals surface area contributed by atoms with Gasteiger partial charge in [0.2, 0.25) is 0 Å². The van der Waals surface area contributed by atoms with Crippen LogP contribution in [0.3, 0.4) is 0 Å². The van der Waals surface area contributed by atoms with E-state index in [4.69, 9.17) is 4.74 Å². The highest BCUT2D eigenvalue weighted by atomic mass is 16.5. The molecule has 0 spiro atoms. The minimum atomic E-state index is 0.741. The van der Waals surface area contributed by atoms with Crippen LogP contribution in [-0.2, 0) is 24.1 Å². The lowest BCUT2D eigenvalue weighted by Crippen LogP contribution is -2.23. The molecule has 1 aromatic rings. The molecule has 0 saturated carbocycles. The zero-order valence-corrected chi connectivity index (χ0v) is 14.8. The second kappa shape index (κ2) is 12.7. The summed E-state index contributed by atoms with van der Waals surface area (Å²) in [4.78, 5) is 11.3. The Bertz CT molecular complexity index is 369. The third-order valence-corrected chi connectivity index (χ3v) is 2.96. The lowest BCUT2D eigenvalue weighted by atomic mass is 10.1. The van der Waals surface area contributed by atoms with E-state index in [0.29, 0.717) is 0 Å². The molecule has 1 heterocycles. The van der Waals surface area contributed by atoms with E-state index in [1.807, 2.05) is 6.20 Å². The van der Waals surface area contributed by atoms with Crippen molar-refractivity contribution in [1.29, 1.82) is 0 Å². The largest absolute Gasteiger partial charge is 0.383 e. The zero-order valence-electron chi connectivity index (χ0n) is 14.8. The summed E-state index contributed by atoms with van der Waals surface area (Å²) in [5.41, 5.74) is 2.49. The predicted octanol–water partition coefficient (Wildman–Crippen LogP) is 3.49. The highest BCUT2D eigenvalue weighted by Crippen LogP contribution is 2.09. The fourth-order valence-corrected chi connectivity index (χ4v) is 1.88. The molecule has 0 unspecified atom stereocenters. The molecule has 0 aromatic carbocycles. The minimum absolute atomic E-state index is 0.741. The summed E-state index contributed by atoms with van der Waals surface area (Å²) < 4.78 is 5.07. The second-order valence-corrected chi connectivity index (χ2v) is 5.30. The molecule has 21 heavy (non-hydrogen) atoms. The number of hydrogen-bond donors (Lipinski definition) is 0. The van der Waals surface area contributed by atoms with Crippen molar-refractivity contribution in [2.24, 2.45) is 0 Å². The third-order valence-electron chi connectivity index (χ3n) is 2.96. The van der Waals surface area contributed by atoms with Crippen molar-refractivity contribution in [2.75, 3.05) is 27.3 Å². The van der Waals surface area contributed by atoms with Crippen molar-refractivity contribution >= 4 is 0 Å². The van der Waals surface area contributed by atoms with Crippen LogP contribution in [0, 0.1) is 0 Å². The van der Waals surface area contributed by atoms with Crippen LogP contribution in [0.2, 0.25) is 0 Å². The van der Waals surface area contributed by atoms with Gasteiger partial charge >= 0.3 is 0 Å². The van der Waals surface area contributed by atoms with Gasteiger partial charge in [-0.1, -0.05) is 40.5 Å². The molecule has 0 radical (unpaired) electrons. The van der Waals surface area contributed by atoms with E-state index in [1.165, 1.54) is 17.7 Å². The Kier molecular flexibility index (Phi) is 12.1. The van der Waals surface area contributed by atoms with Gasteiger partial charge in [0.15, 0.2) is 0 Å². The first-order valence-electron chi connectivity index (χ1n) is 8.13. The van der Waals surface area contributed by atoms with Crippen molar-refractivity contribution in [3.63, 3.8) is 0 Å². The van der Waals surface area contributed by atoms with E-state index in [9.17, 15) is 0 Å². The van der Waals surface area contributed by atoms with Crippen LogP contribution in [0.1, 0.15) is 57.6 Å². The highest BCUT2D eigenvalue weighted by molar-refractivity contribution is 5.17. The number of aryl methyl sites for hydroxylation is 2. The molecule has 0 fully saturated rings. The first-order valence-corrected chi connectivity index (χ1v) is 8.13. The first kappa shape index (κ1) is 20.0. The van der Waals surface area contributed by atoms with E-state index >= 15 is 0 Å². The Morgan fingerprint density at radius 3 is 2.38 bits per heavy atom. The van der Waals surface area contributed by atoms with Crippen LogP contribution in [0.5, 0.6) is 0 Å². The third kappa shape index (κ3) is 8.79. The fourth-order valence-electron chi connectivity index (χ4n) is 1.88. The summed E-state index contributed by atoms with van der Waals surface area (Å²) in [6, 6.07) is 0. The summed E-state index contributed by atoms with van der Waals surface area (Å²) in [5.74, 6) is 0.911. The van der Waals surface area contributed by atoms with Gasteiger partial charge < -0.3 is 4.74 Å². The molecular weight excluding hydrogens is 262 g/mol. The summed E-state index contributed by atoms with van der Waals surface area (Å²) in [5, 5.41) is 0. The van der Waals surface area contributed by atoms with Crippen molar-refractivity contribution < 1.29 is 4.74 Å². The Hall–Kier alpha value is -1.00. The predicted molar refractivity (Wildman–Crippen MR) is 89.6 cm³/mol. The van der Waals surface area contributed by atoms with Crippen LogP contribution < -0.4 is 0 Å². The molecule has 1 rings (SSSR count). The molecule has 0 N–H and O–H groups in total. The quantitative estimate of drug-likeness (QED) is 0.736. The lowest BCUT2D eigenvalue weighted by molar-refractivity contribution is 0.157. The molecule has 0 aliphatic carbocycles. The molecular formula is C17H33N3O. The molecule has 0 saturated heterocycles. The maximum atomic E-state index is 5.07. The zero-order chi connectivity index (χ0) is 16.1. The smallest absolute Gasteiger partial charge is 0.142 e. The van der Waals surface area contributed by atoms with Crippen LogP contribution in [-0.4, -0.2) is 42.2 Å². The standard InChI is InChI=1S/C14H25N3O.C3H8/c1-5-7-13-12(6-2)10-15-14(16-13)11-17(3)8-9-18-4;1-3-2/h10H,5-9,11H2,1-4H3;3H2,1-2H3. The molecule has 122 valence electrons. The number of hydrogen-bond acceptors (Lipinski definition) is 4. The monoisotopic (exact) mass is 295 g/mol. The van der Waals surface area contributed by atoms with Gasteiger partial charge in [-0.2, -0.15) is 0 Å². The SMILES string of the molecule is CCC.CCCc1nc(CN(C)CCOC)ncc1CC. The van der Waals surface area contributed by atoms with E-state index in [2.05, 4.69) is 49.6 Å². The molecule has 4 nitrogen and oxygen atoms in total. The van der Waals surface area contributed by atoms with Gasteiger partial charge in [-0.3, -0.25) is 4.90 Å². The summed E-state index contributed by atoms with van der Waals surface area (Å²) >= 11 is 0. The Morgan fingerprint density at radius 2 is 1.86 bits per heavy atom. The van der Waals surface area contributed by atoms with Crippen LogP contribution >= 0.6 is 0 Å². The van der Waals surface area contributed by atoms with E-state index in [-0.39, 0.29) is 0 Å². The molecule has 0 aliphatic heterocycles. The second-order valence-electron chi connectivity index (χ2n) is 5.30. The molecule has 0 aliphatic rings. The topological polar surface area (TPSA) is 38.2 Å². The van der Waals surface area contributed by atoms with E-state index < -0.39 is 0 Å². The summed E-state index contributed by atoms with van der Waals surface area (Å²) in [6.45, 7) is 11.0. The Labute approximate surface area is 130 Å². The van der Waals surface area contributed by atoms with Crippen LogP contribution in [0.25, 0.3) is 0 Å². The molecule has 4 heteroatoms.